The number of methoxy groups -OCH3 is 1. The molecule has 3 nitrogen and oxygen atoms in total. The van der Waals surface area contributed by atoms with E-state index in [1.54, 1.807) is 13.3 Å². The Bertz CT molecular complexity index is 635. The van der Waals surface area contributed by atoms with E-state index >= 15 is 0 Å². The standard InChI is InChI=1S/C17H20N2O/c1-11(2)17-13-5-4-6-15(13)19-10-14(17)12-7-8-18-16(9-12)20-3/h7-11H,4-6H2,1-3H3. The normalized spacial score (nSPS) is 13.6. The van der Waals surface area contributed by atoms with Crippen molar-refractivity contribution >= 4 is 0 Å². The fourth-order valence-electron chi connectivity index (χ4n) is 3.11. The minimum Gasteiger partial charge on any atom is -0.481 e. The third-order valence-electron chi connectivity index (χ3n) is 3.99. The third-order valence-corrected chi connectivity index (χ3v) is 3.99. The number of aryl methyl sites for hydroxylation is 1. The molecule has 0 atom stereocenters. The lowest BCUT2D eigenvalue weighted by atomic mass is 9.89. The van der Waals surface area contributed by atoms with Gasteiger partial charge in [-0.25, -0.2) is 4.98 Å². The molecule has 0 fully saturated rings. The van der Waals surface area contributed by atoms with E-state index in [9.17, 15) is 0 Å². The molecule has 1 aliphatic rings. The molecule has 20 heavy (non-hydrogen) atoms. The molecule has 0 amide bonds. The zero-order chi connectivity index (χ0) is 14.1. The highest BCUT2D eigenvalue weighted by atomic mass is 16.5. The number of ether oxygens (including phenoxy) is 1. The second-order valence-corrected chi connectivity index (χ2v) is 5.61. The number of pyridine rings is 2. The number of nitrogens with zero attached hydrogens (tertiary/aromatic N) is 2. The summed E-state index contributed by atoms with van der Waals surface area (Å²) in [7, 11) is 1.65. The van der Waals surface area contributed by atoms with Gasteiger partial charge in [0.05, 0.1) is 7.11 Å². The van der Waals surface area contributed by atoms with Crippen LogP contribution in [0.15, 0.2) is 24.5 Å². The lowest BCUT2D eigenvalue weighted by Crippen LogP contribution is -2.02. The molecule has 1 aliphatic carbocycles. The molecule has 2 aromatic heterocycles. The van der Waals surface area contributed by atoms with Gasteiger partial charge in [-0.05, 0) is 47.9 Å². The van der Waals surface area contributed by atoms with E-state index in [-0.39, 0.29) is 0 Å². The summed E-state index contributed by atoms with van der Waals surface area (Å²) in [5, 5.41) is 0. The summed E-state index contributed by atoms with van der Waals surface area (Å²) in [4.78, 5) is 8.86. The van der Waals surface area contributed by atoms with Crippen LogP contribution in [0.5, 0.6) is 5.88 Å². The SMILES string of the molecule is COc1cc(-c2cnc3c(c2C(C)C)CCC3)ccn1. The molecule has 3 rings (SSSR count). The van der Waals surface area contributed by atoms with Crippen LogP contribution >= 0.6 is 0 Å². The predicted octanol–water partition coefficient (Wildman–Crippen LogP) is 3.76. The predicted molar refractivity (Wildman–Crippen MR) is 80.1 cm³/mol. The Kier molecular flexibility index (Phi) is 3.43. The van der Waals surface area contributed by atoms with Crippen LogP contribution in [0.1, 0.15) is 43.0 Å². The zero-order valence-electron chi connectivity index (χ0n) is 12.3. The molecule has 0 spiro atoms. The minimum absolute atomic E-state index is 0.499. The molecule has 0 bridgehead atoms. The van der Waals surface area contributed by atoms with Crippen molar-refractivity contribution in [2.75, 3.05) is 7.11 Å². The Labute approximate surface area is 120 Å². The van der Waals surface area contributed by atoms with Crippen molar-refractivity contribution in [3.05, 3.63) is 41.3 Å². The lowest BCUT2D eigenvalue weighted by Gasteiger charge is -2.17. The summed E-state index contributed by atoms with van der Waals surface area (Å²) in [6.07, 6.45) is 7.33. The maximum Gasteiger partial charge on any atom is 0.213 e. The number of hydrogen-bond acceptors (Lipinski definition) is 3. The number of fused-ring (bicyclic) bond motifs is 1. The Balaban J connectivity index is 2.18. The smallest absolute Gasteiger partial charge is 0.213 e. The fourth-order valence-corrected chi connectivity index (χ4v) is 3.11. The van der Waals surface area contributed by atoms with Gasteiger partial charge in [-0.2, -0.15) is 0 Å². The van der Waals surface area contributed by atoms with E-state index in [0.717, 1.165) is 18.4 Å². The Morgan fingerprint density at radius 2 is 2.05 bits per heavy atom. The van der Waals surface area contributed by atoms with Crippen molar-refractivity contribution in [2.45, 2.75) is 39.0 Å². The van der Waals surface area contributed by atoms with Gasteiger partial charge in [0, 0.05) is 29.7 Å². The first-order valence-corrected chi connectivity index (χ1v) is 7.21. The highest BCUT2D eigenvalue weighted by Crippen LogP contribution is 2.36. The lowest BCUT2D eigenvalue weighted by molar-refractivity contribution is 0.398. The van der Waals surface area contributed by atoms with E-state index in [0.29, 0.717) is 11.8 Å². The minimum atomic E-state index is 0.499. The topological polar surface area (TPSA) is 35.0 Å². The molecule has 0 N–H and O–H groups in total. The number of aromatic nitrogens is 2. The van der Waals surface area contributed by atoms with Crippen molar-refractivity contribution in [2.24, 2.45) is 0 Å². The molecule has 2 heterocycles. The van der Waals surface area contributed by atoms with Crippen LogP contribution in [-0.2, 0) is 12.8 Å². The van der Waals surface area contributed by atoms with E-state index < -0.39 is 0 Å². The van der Waals surface area contributed by atoms with Crippen molar-refractivity contribution in [3.63, 3.8) is 0 Å². The Morgan fingerprint density at radius 3 is 2.80 bits per heavy atom. The molecule has 0 unspecified atom stereocenters. The first-order valence-electron chi connectivity index (χ1n) is 7.21. The third kappa shape index (κ3) is 2.17. The highest BCUT2D eigenvalue weighted by molar-refractivity contribution is 5.70. The van der Waals surface area contributed by atoms with Gasteiger partial charge in [0.25, 0.3) is 0 Å². The van der Waals surface area contributed by atoms with Crippen LogP contribution in [0.4, 0.5) is 0 Å². The summed E-state index contributed by atoms with van der Waals surface area (Å²) in [6, 6.07) is 4.02. The number of rotatable bonds is 3. The molecule has 104 valence electrons. The second kappa shape index (κ2) is 5.23. The average Bonchev–Trinajstić information content (AvgIpc) is 2.94. The van der Waals surface area contributed by atoms with Crippen LogP contribution in [-0.4, -0.2) is 17.1 Å². The van der Waals surface area contributed by atoms with Crippen LogP contribution in [0.2, 0.25) is 0 Å². The summed E-state index contributed by atoms with van der Waals surface area (Å²) in [5.41, 5.74) is 6.57. The van der Waals surface area contributed by atoms with E-state index in [2.05, 4.69) is 23.8 Å². The molecule has 3 heteroatoms. The molecule has 0 saturated heterocycles. The highest BCUT2D eigenvalue weighted by Gasteiger charge is 2.21. The molecule has 0 aromatic carbocycles. The molecule has 0 aliphatic heterocycles. The van der Waals surface area contributed by atoms with Crippen molar-refractivity contribution in [1.82, 2.24) is 9.97 Å². The summed E-state index contributed by atoms with van der Waals surface area (Å²) in [6.45, 7) is 4.52. The largest absolute Gasteiger partial charge is 0.481 e. The monoisotopic (exact) mass is 268 g/mol. The second-order valence-electron chi connectivity index (χ2n) is 5.61. The maximum atomic E-state index is 5.24. The average molecular weight is 268 g/mol. The van der Waals surface area contributed by atoms with Crippen molar-refractivity contribution in [1.29, 1.82) is 0 Å². The molecule has 0 saturated carbocycles. The van der Waals surface area contributed by atoms with E-state index in [1.807, 2.05) is 18.3 Å². The van der Waals surface area contributed by atoms with Crippen molar-refractivity contribution in [3.8, 4) is 17.0 Å². The van der Waals surface area contributed by atoms with E-state index in [1.165, 1.54) is 28.8 Å². The van der Waals surface area contributed by atoms with Crippen molar-refractivity contribution < 1.29 is 4.74 Å². The fraction of sp³-hybridized carbons (Fsp3) is 0.412. The summed E-state index contributed by atoms with van der Waals surface area (Å²) < 4.78 is 5.24. The zero-order valence-corrected chi connectivity index (χ0v) is 12.3. The van der Waals surface area contributed by atoms with Crippen LogP contribution < -0.4 is 4.74 Å². The first-order chi connectivity index (χ1) is 9.70. The van der Waals surface area contributed by atoms with Gasteiger partial charge in [-0.3, -0.25) is 4.98 Å². The van der Waals surface area contributed by atoms with Gasteiger partial charge in [0.2, 0.25) is 5.88 Å². The number of hydrogen-bond donors (Lipinski definition) is 0. The van der Waals surface area contributed by atoms with Crippen LogP contribution in [0.3, 0.4) is 0 Å². The quantitative estimate of drug-likeness (QED) is 0.850. The Hall–Kier alpha value is -1.90. The Morgan fingerprint density at radius 1 is 1.20 bits per heavy atom. The maximum absolute atomic E-state index is 5.24. The van der Waals surface area contributed by atoms with Gasteiger partial charge >= 0.3 is 0 Å². The van der Waals surface area contributed by atoms with Crippen LogP contribution in [0.25, 0.3) is 11.1 Å². The molecular weight excluding hydrogens is 248 g/mol. The van der Waals surface area contributed by atoms with Gasteiger partial charge < -0.3 is 4.74 Å². The van der Waals surface area contributed by atoms with Gasteiger partial charge in [-0.15, -0.1) is 0 Å². The molecule has 2 aromatic rings. The molecular formula is C17H20N2O. The van der Waals surface area contributed by atoms with Gasteiger partial charge in [0.1, 0.15) is 0 Å². The van der Waals surface area contributed by atoms with Gasteiger partial charge in [-0.1, -0.05) is 13.8 Å². The van der Waals surface area contributed by atoms with Crippen LogP contribution in [0, 0.1) is 0 Å². The van der Waals surface area contributed by atoms with E-state index in [4.69, 9.17) is 4.74 Å². The van der Waals surface area contributed by atoms with Gasteiger partial charge in [0.15, 0.2) is 0 Å². The first kappa shape index (κ1) is 13.1. The summed E-state index contributed by atoms with van der Waals surface area (Å²) >= 11 is 0. The summed E-state index contributed by atoms with van der Waals surface area (Å²) in [5.74, 6) is 1.15. The molecule has 0 radical (unpaired) electrons.